The van der Waals surface area contributed by atoms with Gasteiger partial charge in [-0.2, -0.15) is 0 Å². The number of hydrogen-bond donors (Lipinski definition) is 1. The highest BCUT2D eigenvalue weighted by atomic mass is 35.5. The molecule has 1 atom stereocenters. The van der Waals surface area contributed by atoms with Crippen molar-refractivity contribution < 1.29 is 9.13 Å². The molecule has 16 heavy (non-hydrogen) atoms. The van der Waals surface area contributed by atoms with Gasteiger partial charge in [-0.15, -0.1) is 12.4 Å². The molecule has 2 nitrogen and oxygen atoms in total. The monoisotopic (exact) mass is 267 g/mol. The fourth-order valence-electron chi connectivity index (χ4n) is 1.38. The first-order chi connectivity index (χ1) is 7.04. The molecule has 1 aromatic rings. The van der Waals surface area contributed by atoms with Gasteiger partial charge >= 0.3 is 0 Å². The van der Waals surface area contributed by atoms with Gasteiger partial charge in [-0.3, -0.25) is 0 Å². The second kappa shape index (κ2) is 6.94. The van der Waals surface area contributed by atoms with Crippen LogP contribution in [-0.2, 0) is 6.42 Å². The Bertz CT molecular complexity index is 345. The van der Waals surface area contributed by atoms with Crippen molar-refractivity contribution in [2.75, 3.05) is 6.61 Å². The molecule has 1 unspecified atom stereocenters. The summed E-state index contributed by atoms with van der Waals surface area (Å²) in [6.45, 7) is 4.19. The summed E-state index contributed by atoms with van der Waals surface area (Å²) in [5, 5.41) is 0.371. The Morgan fingerprint density at radius 3 is 2.62 bits per heavy atom. The minimum Gasteiger partial charge on any atom is -0.493 e. The molecular formula is C11H16Cl2FNO. The molecule has 0 aliphatic heterocycles. The maximum Gasteiger partial charge on any atom is 0.128 e. The van der Waals surface area contributed by atoms with Crippen molar-refractivity contribution in [2.45, 2.75) is 26.3 Å². The molecule has 0 radical (unpaired) electrons. The largest absolute Gasteiger partial charge is 0.493 e. The lowest BCUT2D eigenvalue weighted by Gasteiger charge is -2.13. The molecule has 0 heterocycles. The van der Waals surface area contributed by atoms with E-state index in [-0.39, 0.29) is 18.4 Å². The van der Waals surface area contributed by atoms with Crippen LogP contribution in [0.3, 0.4) is 0 Å². The number of rotatable bonds is 4. The summed E-state index contributed by atoms with van der Waals surface area (Å²) in [6.07, 6.45) is 0.578. The molecule has 0 saturated heterocycles. The van der Waals surface area contributed by atoms with Gasteiger partial charge in [-0.25, -0.2) is 4.39 Å². The minimum atomic E-state index is -0.392. The van der Waals surface area contributed by atoms with E-state index in [9.17, 15) is 4.39 Å². The number of ether oxygens (including phenoxy) is 1. The maximum atomic E-state index is 13.1. The van der Waals surface area contributed by atoms with Crippen LogP contribution >= 0.6 is 24.0 Å². The summed E-state index contributed by atoms with van der Waals surface area (Å²) in [5.74, 6) is 0.0941. The second-order valence-electron chi connectivity index (χ2n) is 3.48. The van der Waals surface area contributed by atoms with Gasteiger partial charge < -0.3 is 10.5 Å². The summed E-state index contributed by atoms with van der Waals surface area (Å²) in [5.41, 5.74) is 6.46. The van der Waals surface area contributed by atoms with Crippen LogP contribution in [0.5, 0.6) is 5.75 Å². The summed E-state index contributed by atoms with van der Waals surface area (Å²) in [4.78, 5) is 0. The van der Waals surface area contributed by atoms with Gasteiger partial charge in [0.1, 0.15) is 11.6 Å². The minimum absolute atomic E-state index is 0. The molecule has 0 aliphatic rings. The Balaban J connectivity index is 0.00000225. The zero-order chi connectivity index (χ0) is 11.4. The van der Waals surface area contributed by atoms with Crippen LogP contribution in [0, 0.1) is 5.82 Å². The highest BCUT2D eigenvalue weighted by molar-refractivity contribution is 6.31. The first-order valence-corrected chi connectivity index (χ1v) is 5.28. The van der Waals surface area contributed by atoms with Gasteiger partial charge in [0.15, 0.2) is 0 Å². The lowest BCUT2D eigenvalue weighted by atomic mass is 10.1. The third-order valence-corrected chi connectivity index (χ3v) is 2.28. The van der Waals surface area contributed by atoms with E-state index in [1.807, 2.05) is 13.8 Å². The summed E-state index contributed by atoms with van der Waals surface area (Å²) < 4.78 is 18.4. The van der Waals surface area contributed by atoms with Crippen LogP contribution in [0.4, 0.5) is 4.39 Å². The molecule has 1 aromatic carbocycles. The molecule has 0 spiro atoms. The van der Waals surface area contributed by atoms with Gasteiger partial charge in [0, 0.05) is 17.7 Å². The first-order valence-electron chi connectivity index (χ1n) is 4.91. The highest BCUT2D eigenvalue weighted by Gasteiger charge is 2.12. The SMILES string of the molecule is CCOc1cc(F)cc(Cl)c1CC(C)N.Cl. The smallest absolute Gasteiger partial charge is 0.128 e. The molecule has 0 amide bonds. The van der Waals surface area contributed by atoms with E-state index in [2.05, 4.69) is 0 Å². The number of halogens is 3. The molecule has 0 aromatic heterocycles. The standard InChI is InChI=1S/C11H15ClFNO.ClH/c1-3-15-11-6-8(13)5-10(12)9(11)4-7(2)14;/h5-7H,3-4,14H2,1-2H3;1H. The molecule has 0 bridgehead atoms. The van der Waals surface area contributed by atoms with E-state index >= 15 is 0 Å². The molecule has 0 aliphatic carbocycles. The molecule has 1 rings (SSSR count). The van der Waals surface area contributed by atoms with Gasteiger partial charge in [0.05, 0.1) is 11.6 Å². The average molecular weight is 268 g/mol. The fourth-order valence-corrected chi connectivity index (χ4v) is 1.66. The van der Waals surface area contributed by atoms with E-state index in [0.717, 1.165) is 5.56 Å². The van der Waals surface area contributed by atoms with Crippen LogP contribution in [0.25, 0.3) is 0 Å². The topological polar surface area (TPSA) is 35.2 Å². The number of hydrogen-bond acceptors (Lipinski definition) is 2. The highest BCUT2D eigenvalue weighted by Crippen LogP contribution is 2.29. The van der Waals surface area contributed by atoms with Crippen molar-refractivity contribution in [2.24, 2.45) is 5.73 Å². The fraction of sp³-hybridized carbons (Fsp3) is 0.455. The first kappa shape index (κ1) is 15.5. The summed E-state index contributed by atoms with van der Waals surface area (Å²) in [7, 11) is 0. The van der Waals surface area contributed by atoms with Crippen molar-refractivity contribution >= 4 is 24.0 Å². The quantitative estimate of drug-likeness (QED) is 0.910. The summed E-state index contributed by atoms with van der Waals surface area (Å²) in [6, 6.07) is 2.58. The molecule has 5 heteroatoms. The molecule has 0 fully saturated rings. The molecule has 2 N–H and O–H groups in total. The summed E-state index contributed by atoms with van der Waals surface area (Å²) >= 11 is 5.94. The van der Waals surface area contributed by atoms with Crippen molar-refractivity contribution in [3.8, 4) is 5.75 Å². The number of nitrogens with two attached hydrogens (primary N) is 1. The van der Waals surface area contributed by atoms with E-state index in [1.54, 1.807) is 0 Å². The number of benzene rings is 1. The Hall–Kier alpha value is -0.510. The van der Waals surface area contributed by atoms with Crippen LogP contribution in [0.1, 0.15) is 19.4 Å². The Kier molecular flexibility index (Phi) is 6.72. The van der Waals surface area contributed by atoms with Gasteiger partial charge in [-0.05, 0) is 26.3 Å². The van der Waals surface area contributed by atoms with Crippen molar-refractivity contribution in [1.29, 1.82) is 0 Å². The maximum absolute atomic E-state index is 13.1. The van der Waals surface area contributed by atoms with Crippen LogP contribution < -0.4 is 10.5 Å². The van der Waals surface area contributed by atoms with Gasteiger partial charge in [0.25, 0.3) is 0 Å². The van der Waals surface area contributed by atoms with Crippen LogP contribution in [-0.4, -0.2) is 12.6 Å². The van der Waals surface area contributed by atoms with Crippen molar-refractivity contribution in [3.05, 3.63) is 28.5 Å². The Morgan fingerprint density at radius 1 is 1.50 bits per heavy atom. The van der Waals surface area contributed by atoms with E-state index in [1.165, 1.54) is 12.1 Å². The molecule has 92 valence electrons. The van der Waals surface area contributed by atoms with Crippen LogP contribution in [0.2, 0.25) is 5.02 Å². The zero-order valence-corrected chi connectivity index (χ0v) is 10.9. The van der Waals surface area contributed by atoms with Gasteiger partial charge in [-0.1, -0.05) is 11.6 Å². The normalized spacial score (nSPS) is 11.8. The lowest BCUT2D eigenvalue weighted by molar-refractivity contribution is 0.334. The second-order valence-corrected chi connectivity index (χ2v) is 3.89. The van der Waals surface area contributed by atoms with Crippen LogP contribution in [0.15, 0.2) is 12.1 Å². The predicted molar refractivity (Wildman–Crippen MR) is 67.2 cm³/mol. The zero-order valence-electron chi connectivity index (χ0n) is 9.30. The van der Waals surface area contributed by atoms with E-state index < -0.39 is 5.82 Å². The van der Waals surface area contributed by atoms with Crippen molar-refractivity contribution in [3.63, 3.8) is 0 Å². The third kappa shape index (κ3) is 4.16. The van der Waals surface area contributed by atoms with Gasteiger partial charge in [0.2, 0.25) is 0 Å². The molecule has 0 saturated carbocycles. The molecular weight excluding hydrogens is 252 g/mol. The Morgan fingerprint density at radius 2 is 2.12 bits per heavy atom. The van der Waals surface area contributed by atoms with E-state index in [0.29, 0.717) is 23.8 Å². The van der Waals surface area contributed by atoms with E-state index in [4.69, 9.17) is 22.1 Å². The predicted octanol–water partition coefficient (Wildman–Crippen LogP) is 3.19. The van der Waals surface area contributed by atoms with Crippen molar-refractivity contribution in [1.82, 2.24) is 0 Å². The third-order valence-electron chi connectivity index (χ3n) is 1.95. The lowest BCUT2D eigenvalue weighted by Crippen LogP contribution is -2.18. The Labute approximate surface area is 106 Å². The average Bonchev–Trinajstić information content (AvgIpc) is 2.11.